The summed E-state index contributed by atoms with van der Waals surface area (Å²) in [5.41, 5.74) is 1.60. The Kier molecular flexibility index (Phi) is 6.28. The van der Waals surface area contributed by atoms with E-state index in [1.165, 1.54) is 12.1 Å². The van der Waals surface area contributed by atoms with E-state index in [-0.39, 0.29) is 17.5 Å². The summed E-state index contributed by atoms with van der Waals surface area (Å²) in [5.74, 6) is 0. The van der Waals surface area contributed by atoms with Crippen LogP contribution in [0.25, 0.3) is 0 Å². The highest BCUT2D eigenvalue weighted by Gasteiger charge is 2.14. The number of hydrogen-bond acceptors (Lipinski definition) is 5. The highest BCUT2D eigenvalue weighted by molar-refractivity contribution is 7.86. The first kappa shape index (κ1) is 17.9. The quantitative estimate of drug-likeness (QED) is 0.590. The van der Waals surface area contributed by atoms with Gasteiger partial charge in [0, 0.05) is 24.6 Å². The molecule has 8 heteroatoms. The molecule has 2 N–H and O–H groups in total. The summed E-state index contributed by atoms with van der Waals surface area (Å²) in [6, 6.07) is 9.38. The van der Waals surface area contributed by atoms with E-state index in [9.17, 15) is 13.2 Å². The van der Waals surface area contributed by atoms with Crippen molar-refractivity contribution in [1.82, 2.24) is 10.3 Å². The number of aryl methyl sites for hydroxylation is 1. The number of hydrogen-bond donors (Lipinski definition) is 2. The zero-order valence-electron chi connectivity index (χ0n) is 13.2. The Bertz CT molecular complexity index is 762. The number of carbonyl (C=O) groups excluding carboxylic acids is 1. The number of amides is 2. The molecule has 0 radical (unpaired) electrons. The minimum Gasteiger partial charge on any atom is -0.338 e. The lowest BCUT2D eigenvalue weighted by atomic mass is 10.2. The maximum atomic E-state index is 12.0. The van der Waals surface area contributed by atoms with Crippen molar-refractivity contribution < 1.29 is 17.4 Å². The first-order valence-corrected chi connectivity index (χ1v) is 8.79. The Morgan fingerprint density at radius 2 is 1.79 bits per heavy atom. The first-order chi connectivity index (χ1) is 11.5. The smallest absolute Gasteiger partial charge is 0.319 e. The molecule has 128 valence electrons. The van der Waals surface area contributed by atoms with Gasteiger partial charge in [-0.1, -0.05) is 17.7 Å². The number of nitrogens with one attached hydrogen (secondary N) is 2. The lowest BCUT2D eigenvalue weighted by molar-refractivity contribution is 0.250. The first-order valence-electron chi connectivity index (χ1n) is 7.38. The van der Waals surface area contributed by atoms with Gasteiger partial charge in [0.15, 0.2) is 0 Å². The Morgan fingerprint density at radius 3 is 2.46 bits per heavy atom. The summed E-state index contributed by atoms with van der Waals surface area (Å²) >= 11 is 0. The molecule has 0 unspecified atom stereocenters. The Hall–Kier alpha value is -2.45. The van der Waals surface area contributed by atoms with E-state index in [2.05, 4.69) is 15.6 Å². The molecule has 0 atom stereocenters. The van der Waals surface area contributed by atoms with Gasteiger partial charge in [0.05, 0.1) is 11.5 Å². The predicted octanol–water partition coefficient (Wildman–Crippen LogP) is 2.31. The number of benzene rings is 1. The zero-order valence-corrected chi connectivity index (χ0v) is 14.0. The van der Waals surface area contributed by atoms with Crippen LogP contribution in [-0.4, -0.2) is 32.6 Å². The SMILES string of the molecule is Cc1ccc(S(=O)(=O)OCCCNC(=O)Nc2ccncc2)cc1. The molecule has 1 heterocycles. The van der Waals surface area contributed by atoms with Crippen molar-refractivity contribution in [2.24, 2.45) is 0 Å². The van der Waals surface area contributed by atoms with Crippen LogP contribution in [0, 0.1) is 6.92 Å². The molecule has 1 aromatic carbocycles. The third-order valence-corrected chi connectivity index (χ3v) is 4.42. The Labute approximate surface area is 141 Å². The monoisotopic (exact) mass is 349 g/mol. The van der Waals surface area contributed by atoms with Crippen LogP contribution >= 0.6 is 0 Å². The molecule has 0 aliphatic heterocycles. The summed E-state index contributed by atoms with van der Waals surface area (Å²) in [5, 5.41) is 5.25. The lowest BCUT2D eigenvalue weighted by Gasteiger charge is -2.08. The standard InChI is InChI=1S/C16H19N3O4S/c1-13-3-5-15(6-4-13)24(21,22)23-12-2-9-18-16(20)19-14-7-10-17-11-8-14/h3-8,10-11H,2,9,12H2,1H3,(H2,17,18,19,20). The molecule has 0 fully saturated rings. The average Bonchev–Trinajstić information content (AvgIpc) is 2.56. The predicted molar refractivity (Wildman–Crippen MR) is 90.2 cm³/mol. The highest BCUT2D eigenvalue weighted by Crippen LogP contribution is 2.13. The van der Waals surface area contributed by atoms with E-state index in [4.69, 9.17) is 4.18 Å². The van der Waals surface area contributed by atoms with Gasteiger partial charge in [0.2, 0.25) is 0 Å². The van der Waals surface area contributed by atoms with Crippen LogP contribution in [-0.2, 0) is 14.3 Å². The van der Waals surface area contributed by atoms with Crippen molar-refractivity contribution in [3.05, 3.63) is 54.4 Å². The van der Waals surface area contributed by atoms with E-state index >= 15 is 0 Å². The van der Waals surface area contributed by atoms with Crippen LogP contribution in [0.15, 0.2) is 53.7 Å². The Morgan fingerprint density at radius 1 is 1.12 bits per heavy atom. The second-order valence-corrected chi connectivity index (χ2v) is 6.67. The van der Waals surface area contributed by atoms with Crippen LogP contribution in [0.4, 0.5) is 10.5 Å². The molecule has 0 saturated heterocycles. The van der Waals surface area contributed by atoms with Crippen molar-refractivity contribution in [3.8, 4) is 0 Å². The third-order valence-electron chi connectivity index (χ3n) is 3.09. The fourth-order valence-corrected chi connectivity index (χ4v) is 2.77. The Balaban J connectivity index is 1.69. The van der Waals surface area contributed by atoms with Gasteiger partial charge in [-0.15, -0.1) is 0 Å². The van der Waals surface area contributed by atoms with E-state index in [0.29, 0.717) is 18.7 Å². The normalized spacial score (nSPS) is 11.0. The van der Waals surface area contributed by atoms with Gasteiger partial charge in [-0.25, -0.2) is 4.79 Å². The molecule has 24 heavy (non-hydrogen) atoms. The summed E-state index contributed by atoms with van der Waals surface area (Å²) in [6.07, 6.45) is 3.51. The molecular formula is C16H19N3O4S. The summed E-state index contributed by atoms with van der Waals surface area (Å²) < 4.78 is 28.9. The van der Waals surface area contributed by atoms with Gasteiger partial charge >= 0.3 is 6.03 Å². The van der Waals surface area contributed by atoms with Gasteiger partial charge in [-0.3, -0.25) is 9.17 Å². The lowest BCUT2D eigenvalue weighted by Crippen LogP contribution is -2.30. The molecule has 2 aromatic rings. The van der Waals surface area contributed by atoms with Crippen LogP contribution < -0.4 is 10.6 Å². The summed E-state index contributed by atoms with van der Waals surface area (Å²) in [7, 11) is -3.76. The largest absolute Gasteiger partial charge is 0.338 e. The van der Waals surface area contributed by atoms with Gasteiger partial charge in [-0.05, 0) is 37.6 Å². The minimum atomic E-state index is -3.76. The van der Waals surface area contributed by atoms with Crippen molar-refractivity contribution in [2.45, 2.75) is 18.2 Å². The zero-order chi connectivity index (χ0) is 17.4. The number of urea groups is 1. The van der Waals surface area contributed by atoms with Crippen LogP contribution in [0.2, 0.25) is 0 Å². The van der Waals surface area contributed by atoms with Crippen LogP contribution in [0.3, 0.4) is 0 Å². The van der Waals surface area contributed by atoms with Crippen LogP contribution in [0.5, 0.6) is 0 Å². The van der Waals surface area contributed by atoms with Gasteiger partial charge in [0.25, 0.3) is 10.1 Å². The van der Waals surface area contributed by atoms with Gasteiger partial charge in [0.1, 0.15) is 0 Å². The molecule has 0 bridgehead atoms. The molecular weight excluding hydrogens is 330 g/mol. The minimum absolute atomic E-state index is 0.00819. The molecule has 2 rings (SSSR count). The third kappa shape index (κ3) is 5.64. The van der Waals surface area contributed by atoms with Crippen molar-refractivity contribution >= 4 is 21.8 Å². The molecule has 0 saturated carbocycles. The summed E-state index contributed by atoms with van der Waals surface area (Å²) in [4.78, 5) is 15.6. The van der Waals surface area contributed by atoms with E-state index in [1.807, 2.05) is 6.92 Å². The number of rotatable bonds is 7. The fraction of sp³-hybridized carbons (Fsp3) is 0.250. The molecule has 1 aromatic heterocycles. The average molecular weight is 349 g/mol. The topological polar surface area (TPSA) is 97.4 Å². The summed E-state index contributed by atoms with van der Waals surface area (Å²) in [6.45, 7) is 2.16. The maximum absolute atomic E-state index is 12.0. The van der Waals surface area contributed by atoms with Crippen LogP contribution in [0.1, 0.15) is 12.0 Å². The van der Waals surface area contributed by atoms with E-state index < -0.39 is 10.1 Å². The number of aromatic nitrogens is 1. The number of anilines is 1. The maximum Gasteiger partial charge on any atom is 0.319 e. The van der Waals surface area contributed by atoms with Gasteiger partial charge < -0.3 is 10.6 Å². The van der Waals surface area contributed by atoms with Crippen molar-refractivity contribution in [2.75, 3.05) is 18.5 Å². The molecule has 2 amide bonds. The molecule has 7 nitrogen and oxygen atoms in total. The van der Waals surface area contributed by atoms with Crippen molar-refractivity contribution in [3.63, 3.8) is 0 Å². The van der Waals surface area contributed by atoms with Crippen molar-refractivity contribution in [1.29, 1.82) is 0 Å². The second-order valence-electron chi connectivity index (χ2n) is 5.06. The molecule has 0 aliphatic rings. The second kappa shape index (κ2) is 8.42. The number of nitrogens with zero attached hydrogens (tertiary/aromatic N) is 1. The highest BCUT2D eigenvalue weighted by atomic mass is 32.2. The fourth-order valence-electron chi connectivity index (χ4n) is 1.83. The van der Waals surface area contributed by atoms with E-state index in [1.54, 1.807) is 36.7 Å². The number of carbonyl (C=O) groups is 1. The van der Waals surface area contributed by atoms with E-state index in [0.717, 1.165) is 5.56 Å². The number of pyridine rings is 1. The molecule has 0 aliphatic carbocycles. The molecule has 0 spiro atoms. The van der Waals surface area contributed by atoms with Gasteiger partial charge in [-0.2, -0.15) is 8.42 Å².